The Hall–Kier alpha value is -3.92. The van der Waals surface area contributed by atoms with Crippen molar-refractivity contribution in [2.75, 3.05) is 18.0 Å². The standard InChI is InChI=1S/C23H19N5O2/c24-13-16-11-23(26-22-6-5-17(28(29)30)12-19(16)22)27-9-7-15(8-10-27)20-14-25-21-4-2-1-3-18(20)21/h1-6,11-12,14-15,25H,7-10H2. The maximum Gasteiger partial charge on any atom is 0.270 e. The highest BCUT2D eigenvalue weighted by Crippen LogP contribution is 2.35. The second-order valence-electron chi connectivity index (χ2n) is 7.65. The van der Waals surface area contributed by atoms with Gasteiger partial charge in [0.15, 0.2) is 0 Å². The highest BCUT2D eigenvalue weighted by Gasteiger charge is 2.24. The van der Waals surface area contributed by atoms with Gasteiger partial charge in [-0.1, -0.05) is 18.2 Å². The number of non-ortho nitro benzene ring substituents is 1. The van der Waals surface area contributed by atoms with Gasteiger partial charge in [0, 0.05) is 47.7 Å². The number of aromatic amines is 1. The van der Waals surface area contributed by atoms with Crippen LogP contribution in [0.4, 0.5) is 11.5 Å². The van der Waals surface area contributed by atoms with Crippen LogP contribution in [-0.4, -0.2) is 28.0 Å². The lowest BCUT2D eigenvalue weighted by atomic mass is 9.89. The average molecular weight is 397 g/mol. The molecule has 30 heavy (non-hydrogen) atoms. The van der Waals surface area contributed by atoms with E-state index in [2.05, 4.69) is 40.3 Å². The van der Waals surface area contributed by atoms with Crippen LogP contribution in [0.1, 0.15) is 29.9 Å². The maximum atomic E-state index is 11.1. The monoisotopic (exact) mass is 397 g/mol. The summed E-state index contributed by atoms with van der Waals surface area (Å²) in [7, 11) is 0. The molecule has 0 bridgehead atoms. The van der Waals surface area contributed by atoms with Crippen molar-refractivity contribution in [2.24, 2.45) is 0 Å². The summed E-state index contributed by atoms with van der Waals surface area (Å²) >= 11 is 0. The van der Waals surface area contributed by atoms with Gasteiger partial charge in [0.2, 0.25) is 0 Å². The van der Waals surface area contributed by atoms with Crippen LogP contribution in [0.2, 0.25) is 0 Å². The summed E-state index contributed by atoms with van der Waals surface area (Å²) in [6, 6.07) is 16.8. The molecule has 0 saturated carbocycles. The number of benzene rings is 2. The maximum absolute atomic E-state index is 11.1. The van der Waals surface area contributed by atoms with Crippen molar-refractivity contribution in [3.8, 4) is 6.07 Å². The van der Waals surface area contributed by atoms with Gasteiger partial charge in [-0.05, 0) is 42.5 Å². The normalized spacial score (nSPS) is 14.8. The van der Waals surface area contributed by atoms with Crippen molar-refractivity contribution >= 4 is 33.3 Å². The lowest BCUT2D eigenvalue weighted by Crippen LogP contribution is -2.33. The minimum absolute atomic E-state index is 0.0342. The average Bonchev–Trinajstić information content (AvgIpc) is 3.22. The number of nitrogens with zero attached hydrogens (tertiary/aromatic N) is 4. The second-order valence-corrected chi connectivity index (χ2v) is 7.65. The van der Waals surface area contributed by atoms with E-state index in [0.717, 1.165) is 31.7 Å². The Balaban J connectivity index is 1.41. The van der Waals surface area contributed by atoms with E-state index in [1.807, 2.05) is 6.07 Å². The number of rotatable bonds is 3. The van der Waals surface area contributed by atoms with Crippen molar-refractivity contribution < 1.29 is 4.92 Å². The second kappa shape index (κ2) is 7.16. The van der Waals surface area contributed by atoms with Crippen LogP contribution >= 0.6 is 0 Å². The largest absolute Gasteiger partial charge is 0.361 e. The smallest absolute Gasteiger partial charge is 0.270 e. The topological polar surface area (TPSA) is 98.8 Å². The molecule has 1 aliphatic heterocycles. The molecule has 4 aromatic rings. The highest BCUT2D eigenvalue weighted by molar-refractivity contribution is 5.88. The number of H-pyrrole nitrogens is 1. The van der Waals surface area contributed by atoms with Crippen LogP contribution < -0.4 is 4.90 Å². The van der Waals surface area contributed by atoms with E-state index in [9.17, 15) is 15.4 Å². The van der Waals surface area contributed by atoms with Gasteiger partial charge in [-0.15, -0.1) is 0 Å². The summed E-state index contributed by atoms with van der Waals surface area (Å²) in [5.74, 6) is 1.24. The fourth-order valence-electron chi connectivity index (χ4n) is 4.42. The first-order chi connectivity index (χ1) is 14.6. The number of hydrogen-bond acceptors (Lipinski definition) is 5. The van der Waals surface area contributed by atoms with Crippen LogP contribution in [0.5, 0.6) is 0 Å². The van der Waals surface area contributed by atoms with Crippen LogP contribution in [0.25, 0.3) is 21.8 Å². The van der Waals surface area contributed by atoms with Gasteiger partial charge in [-0.2, -0.15) is 5.26 Å². The summed E-state index contributed by atoms with van der Waals surface area (Å²) in [6.07, 6.45) is 4.13. The van der Waals surface area contributed by atoms with Gasteiger partial charge >= 0.3 is 0 Å². The minimum Gasteiger partial charge on any atom is -0.361 e. The van der Waals surface area contributed by atoms with E-state index in [-0.39, 0.29) is 5.69 Å². The molecule has 3 heterocycles. The van der Waals surface area contributed by atoms with Gasteiger partial charge in [0.1, 0.15) is 5.82 Å². The van der Waals surface area contributed by atoms with Crippen molar-refractivity contribution in [3.05, 3.63) is 76.0 Å². The number of anilines is 1. The quantitative estimate of drug-likeness (QED) is 0.392. The number of nitro benzene ring substituents is 1. The van der Waals surface area contributed by atoms with Gasteiger partial charge in [-0.25, -0.2) is 4.98 Å². The molecule has 1 saturated heterocycles. The van der Waals surface area contributed by atoms with E-state index in [4.69, 9.17) is 4.98 Å². The first-order valence-electron chi connectivity index (χ1n) is 9.94. The number of nitro groups is 1. The first kappa shape index (κ1) is 18.1. The molecule has 0 aliphatic carbocycles. The Morgan fingerprint density at radius 1 is 1.13 bits per heavy atom. The van der Waals surface area contributed by atoms with Gasteiger partial charge in [0.05, 0.1) is 22.1 Å². The van der Waals surface area contributed by atoms with E-state index < -0.39 is 4.92 Å². The molecular weight excluding hydrogens is 378 g/mol. The Bertz CT molecular complexity index is 1310. The molecule has 1 N–H and O–H groups in total. The van der Waals surface area contributed by atoms with Gasteiger partial charge in [-0.3, -0.25) is 10.1 Å². The Labute approximate surface area is 172 Å². The molecule has 2 aromatic heterocycles. The number of hydrogen-bond donors (Lipinski definition) is 1. The Morgan fingerprint density at radius 2 is 1.93 bits per heavy atom. The van der Waals surface area contributed by atoms with Crippen LogP contribution in [0.3, 0.4) is 0 Å². The Kier molecular flexibility index (Phi) is 4.32. The predicted octanol–water partition coefficient (Wildman–Crippen LogP) is 4.88. The van der Waals surface area contributed by atoms with E-state index >= 15 is 0 Å². The van der Waals surface area contributed by atoms with Crippen LogP contribution in [0.15, 0.2) is 54.7 Å². The lowest BCUT2D eigenvalue weighted by molar-refractivity contribution is -0.384. The fraction of sp³-hybridized carbons (Fsp3) is 0.217. The molecular formula is C23H19N5O2. The third kappa shape index (κ3) is 3.03. The van der Waals surface area contributed by atoms with E-state index in [1.165, 1.54) is 28.6 Å². The number of fused-ring (bicyclic) bond motifs is 2. The van der Waals surface area contributed by atoms with E-state index in [0.29, 0.717) is 22.4 Å². The molecule has 1 fully saturated rings. The number of piperidine rings is 1. The summed E-state index contributed by atoms with van der Waals surface area (Å²) < 4.78 is 0. The van der Waals surface area contributed by atoms with Crippen molar-refractivity contribution in [1.29, 1.82) is 5.26 Å². The van der Waals surface area contributed by atoms with Gasteiger partial charge in [0.25, 0.3) is 5.69 Å². The van der Waals surface area contributed by atoms with Crippen molar-refractivity contribution in [1.82, 2.24) is 9.97 Å². The highest BCUT2D eigenvalue weighted by atomic mass is 16.6. The number of nitrogens with one attached hydrogen (secondary N) is 1. The molecule has 2 aromatic carbocycles. The summed E-state index contributed by atoms with van der Waals surface area (Å²) in [5, 5.41) is 22.4. The number of nitriles is 1. The molecule has 0 atom stereocenters. The van der Waals surface area contributed by atoms with Crippen LogP contribution in [-0.2, 0) is 0 Å². The molecule has 0 unspecified atom stereocenters. The number of aromatic nitrogens is 2. The lowest BCUT2D eigenvalue weighted by Gasteiger charge is -2.33. The summed E-state index contributed by atoms with van der Waals surface area (Å²) in [4.78, 5) is 20.9. The predicted molar refractivity (Wildman–Crippen MR) is 116 cm³/mol. The van der Waals surface area contributed by atoms with Crippen molar-refractivity contribution in [3.63, 3.8) is 0 Å². The molecule has 0 amide bonds. The third-order valence-electron chi connectivity index (χ3n) is 5.99. The zero-order valence-electron chi connectivity index (χ0n) is 16.2. The third-order valence-corrected chi connectivity index (χ3v) is 5.99. The van der Waals surface area contributed by atoms with Crippen LogP contribution in [0, 0.1) is 21.4 Å². The zero-order chi connectivity index (χ0) is 20.7. The fourth-order valence-corrected chi connectivity index (χ4v) is 4.42. The molecule has 0 spiro atoms. The number of pyridine rings is 1. The molecule has 7 heteroatoms. The van der Waals surface area contributed by atoms with Gasteiger partial charge < -0.3 is 9.88 Å². The first-order valence-corrected chi connectivity index (χ1v) is 9.94. The van der Waals surface area contributed by atoms with E-state index in [1.54, 1.807) is 12.1 Å². The molecule has 148 valence electrons. The number of para-hydroxylation sites is 1. The molecule has 0 radical (unpaired) electrons. The summed E-state index contributed by atoms with van der Waals surface area (Å²) in [6.45, 7) is 1.70. The minimum atomic E-state index is -0.454. The SMILES string of the molecule is N#Cc1cc(N2CCC(c3c[nH]c4ccccc34)CC2)nc2ccc([N+](=O)[O-])cc12. The molecule has 7 nitrogen and oxygen atoms in total. The summed E-state index contributed by atoms with van der Waals surface area (Å²) in [5.41, 5.74) is 3.51. The van der Waals surface area contributed by atoms with Crippen molar-refractivity contribution in [2.45, 2.75) is 18.8 Å². The Morgan fingerprint density at radius 3 is 2.70 bits per heavy atom. The molecule has 1 aliphatic rings. The molecule has 5 rings (SSSR count). The zero-order valence-corrected chi connectivity index (χ0v) is 16.2.